The van der Waals surface area contributed by atoms with E-state index in [0.29, 0.717) is 10.8 Å². The van der Waals surface area contributed by atoms with E-state index in [1.807, 2.05) is 24.3 Å². The number of hydrogen-bond donors (Lipinski definition) is 0. The molecule has 0 heterocycles. The minimum Gasteiger partial charge on any atom is -0.456 e. The Morgan fingerprint density at radius 1 is 1.05 bits per heavy atom. The van der Waals surface area contributed by atoms with Gasteiger partial charge in [0.05, 0.1) is 5.02 Å². The maximum absolute atomic E-state index is 6.24. The number of halogens is 2. The molecular weight excluding hydrogens is 324 g/mol. The summed E-state index contributed by atoms with van der Waals surface area (Å²) in [5, 5.41) is 1.42. The van der Waals surface area contributed by atoms with Gasteiger partial charge in [-0.1, -0.05) is 39.7 Å². The summed E-state index contributed by atoms with van der Waals surface area (Å²) in [6, 6.07) is 10.0. The van der Waals surface area contributed by atoms with Crippen LogP contribution in [0.5, 0.6) is 11.5 Å². The van der Waals surface area contributed by atoms with Gasteiger partial charge in [-0.3, -0.25) is 0 Å². The molecule has 0 amide bonds. The monoisotopic (exact) mass is 338 g/mol. The van der Waals surface area contributed by atoms with Gasteiger partial charge in [-0.05, 0) is 61.2 Å². The zero-order chi connectivity index (χ0) is 14.0. The molecule has 0 fully saturated rings. The largest absolute Gasteiger partial charge is 0.456 e. The maximum Gasteiger partial charge on any atom is 0.146 e. The molecule has 100 valence electrons. The lowest BCUT2D eigenvalue weighted by Crippen LogP contribution is -1.93. The van der Waals surface area contributed by atoms with E-state index in [1.54, 1.807) is 0 Å². The van der Waals surface area contributed by atoms with Gasteiger partial charge in [0.1, 0.15) is 11.5 Å². The van der Waals surface area contributed by atoms with Crippen LogP contribution < -0.4 is 4.74 Å². The van der Waals surface area contributed by atoms with Crippen LogP contribution in [-0.4, -0.2) is 0 Å². The molecule has 0 spiro atoms. The smallest absolute Gasteiger partial charge is 0.146 e. The summed E-state index contributed by atoms with van der Waals surface area (Å²) in [5.74, 6) is 1.56. The Morgan fingerprint density at radius 2 is 1.79 bits per heavy atom. The molecule has 0 radical (unpaired) electrons. The van der Waals surface area contributed by atoms with E-state index in [9.17, 15) is 0 Å². The summed E-state index contributed by atoms with van der Waals surface area (Å²) in [4.78, 5) is 0. The van der Waals surface area contributed by atoms with Crippen LogP contribution in [-0.2, 0) is 5.33 Å². The van der Waals surface area contributed by atoms with Crippen LogP contribution in [0.3, 0.4) is 0 Å². The van der Waals surface area contributed by atoms with Crippen molar-refractivity contribution < 1.29 is 4.74 Å². The van der Waals surface area contributed by atoms with E-state index in [4.69, 9.17) is 16.3 Å². The van der Waals surface area contributed by atoms with Gasteiger partial charge in [-0.15, -0.1) is 0 Å². The molecule has 2 rings (SSSR count). The third-order valence-electron chi connectivity index (χ3n) is 3.13. The quantitative estimate of drug-likeness (QED) is 0.628. The SMILES string of the molecule is Cc1cc(C)c(C)c(Oc2ccc(CBr)cc2Cl)c1. The zero-order valence-electron chi connectivity index (χ0n) is 11.3. The van der Waals surface area contributed by atoms with Crippen LogP contribution >= 0.6 is 27.5 Å². The molecule has 0 aliphatic rings. The number of benzene rings is 2. The van der Waals surface area contributed by atoms with Crippen LogP contribution in [0.15, 0.2) is 30.3 Å². The molecule has 2 aromatic carbocycles. The van der Waals surface area contributed by atoms with Gasteiger partial charge in [-0.2, -0.15) is 0 Å². The van der Waals surface area contributed by atoms with Crippen molar-refractivity contribution in [1.29, 1.82) is 0 Å². The topological polar surface area (TPSA) is 9.23 Å². The molecular formula is C16H16BrClO. The number of aryl methyl sites for hydroxylation is 2. The molecule has 0 aromatic heterocycles. The molecule has 19 heavy (non-hydrogen) atoms. The highest BCUT2D eigenvalue weighted by Gasteiger charge is 2.08. The minimum atomic E-state index is 0.635. The van der Waals surface area contributed by atoms with Crippen molar-refractivity contribution in [1.82, 2.24) is 0 Å². The molecule has 3 heteroatoms. The number of hydrogen-bond acceptors (Lipinski definition) is 1. The second kappa shape index (κ2) is 5.98. The second-order valence-corrected chi connectivity index (χ2v) is 5.67. The predicted molar refractivity (Wildman–Crippen MR) is 84.8 cm³/mol. The van der Waals surface area contributed by atoms with Crippen LogP contribution in [0.1, 0.15) is 22.3 Å². The van der Waals surface area contributed by atoms with Crippen molar-refractivity contribution >= 4 is 27.5 Å². The first-order chi connectivity index (χ1) is 9.01. The standard InChI is InChI=1S/C16H16BrClO/c1-10-6-11(2)12(3)16(7-10)19-15-5-4-13(9-17)8-14(15)18/h4-8H,9H2,1-3H3. The lowest BCUT2D eigenvalue weighted by Gasteiger charge is -2.13. The number of rotatable bonds is 3. The van der Waals surface area contributed by atoms with E-state index in [0.717, 1.165) is 22.2 Å². The molecule has 0 aliphatic heterocycles. The van der Waals surface area contributed by atoms with Gasteiger partial charge in [0, 0.05) is 5.33 Å². The van der Waals surface area contributed by atoms with Crippen molar-refractivity contribution in [3.63, 3.8) is 0 Å². The van der Waals surface area contributed by atoms with E-state index in [2.05, 4.69) is 42.8 Å². The summed E-state index contributed by atoms with van der Waals surface area (Å²) < 4.78 is 5.95. The van der Waals surface area contributed by atoms with Gasteiger partial charge in [0.25, 0.3) is 0 Å². The molecule has 0 N–H and O–H groups in total. The average Bonchev–Trinajstić information content (AvgIpc) is 2.37. The first-order valence-electron chi connectivity index (χ1n) is 6.11. The normalized spacial score (nSPS) is 10.6. The molecule has 0 bridgehead atoms. The Morgan fingerprint density at radius 3 is 2.42 bits per heavy atom. The van der Waals surface area contributed by atoms with Gasteiger partial charge in [0.15, 0.2) is 0 Å². The Labute approximate surface area is 127 Å². The van der Waals surface area contributed by atoms with E-state index < -0.39 is 0 Å². The lowest BCUT2D eigenvalue weighted by molar-refractivity contribution is 0.478. The number of ether oxygens (including phenoxy) is 1. The fourth-order valence-electron chi connectivity index (χ4n) is 1.94. The zero-order valence-corrected chi connectivity index (χ0v) is 13.6. The lowest BCUT2D eigenvalue weighted by atomic mass is 10.1. The Balaban J connectivity index is 2.36. The highest BCUT2D eigenvalue weighted by Crippen LogP contribution is 2.33. The highest BCUT2D eigenvalue weighted by molar-refractivity contribution is 9.08. The van der Waals surface area contributed by atoms with E-state index in [1.165, 1.54) is 11.1 Å². The molecule has 0 atom stereocenters. The molecule has 1 nitrogen and oxygen atoms in total. The van der Waals surface area contributed by atoms with Gasteiger partial charge >= 0.3 is 0 Å². The Hall–Kier alpha value is -0.990. The van der Waals surface area contributed by atoms with Crippen molar-refractivity contribution in [2.24, 2.45) is 0 Å². The summed E-state index contributed by atoms with van der Waals surface area (Å²) in [6.07, 6.45) is 0. The fourth-order valence-corrected chi connectivity index (χ4v) is 2.53. The van der Waals surface area contributed by atoms with Crippen molar-refractivity contribution in [2.75, 3.05) is 0 Å². The van der Waals surface area contributed by atoms with Crippen LogP contribution in [0, 0.1) is 20.8 Å². The maximum atomic E-state index is 6.24. The molecule has 0 saturated carbocycles. The number of alkyl halides is 1. The Bertz CT molecular complexity index is 608. The fraction of sp³-hybridized carbons (Fsp3) is 0.250. The molecule has 2 aromatic rings. The molecule has 0 saturated heterocycles. The third kappa shape index (κ3) is 3.31. The predicted octanol–water partition coefficient (Wildman–Crippen LogP) is 5.95. The second-order valence-electron chi connectivity index (χ2n) is 4.71. The first kappa shape index (κ1) is 14.4. The van der Waals surface area contributed by atoms with Crippen LogP contribution in [0.25, 0.3) is 0 Å². The van der Waals surface area contributed by atoms with Crippen LogP contribution in [0.2, 0.25) is 5.02 Å². The summed E-state index contributed by atoms with van der Waals surface area (Å²) in [6.45, 7) is 6.21. The average molecular weight is 340 g/mol. The van der Waals surface area contributed by atoms with Crippen LogP contribution in [0.4, 0.5) is 0 Å². The van der Waals surface area contributed by atoms with Gasteiger partial charge in [-0.25, -0.2) is 0 Å². The van der Waals surface area contributed by atoms with E-state index >= 15 is 0 Å². The van der Waals surface area contributed by atoms with Crippen molar-refractivity contribution in [2.45, 2.75) is 26.1 Å². The summed E-state index contributed by atoms with van der Waals surface area (Å²) in [7, 11) is 0. The minimum absolute atomic E-state index is 0.635. The van der Waals surface area contributed by atoms with Gasteiger partial charge in [0.2, 0.25) is 0 Å². The first-order valence-corrected chi connectivity index (χ1v) is 7.61. The summed E-state index contributed by atoms with van der Waals surface area (Å²) >= 11 is 9.66. The third-order valence-corrected chi connectivity index (χ3v) is 4.08. The van der Waals surface area contributed by atoms with E-state index in [-0.39, 0.29) is 0 Å². The van der Waals surface area contributed by atoms with Crippen molar-refractivity contribution in [3.05, 3.63) is 57.6 Å². The molecule has 0 aliphatic carbocycles. The van der Waals surface area contributed by atoms with Gasteiger partial charge < -0.3 is 4.74 Å². The molecule has 0 unspecified atom stereocenters. The van der Waals surface area contributed by atoms with Crippen molar-refractivity contribution in [3.8, 4) is 11.5 Å². The Kier molecular flexibility index (Phi) is 4.54. The summed E-state index contributed by atoms with van der Waals surface area (Å²) in [5.41, 5.74) is 4.69. The highest BCUT2D eigenvalue weighted by atomic mass is 79.9.